The summed E-state index contributed by atoms with van der Waals surface area (Å²) in [4.78, 5) is 19.2. The predicted octanol–water partition coefficient (Wildman–Crippen LogP) is 4.85. The van der Waals surface area contributed by atoms with Gasteiger partial charge in [-0.1, -0.05) is 42.5 Å². The SMILES string of the molecule is O=C(c1ccccc1)N1CCC[C@H]1c1ccc(Oc2ccccc2)nc1. The highest BCUT2D eigenvalue weighted by molar-refractivity contribution is 5.94. The molecular formula is C22H20N2O2. The number of hydrogen-bond acceptors (Lipinski definition) is 3. The number of carbonyl (C=O) groups is 1. The minimum atomic E-state index is 0.0704. The van der Waals surface area contributed by atoms with Crippen LogP contribution in [0.3, 0.4) is 0 Å². The second kappa shape index (κ2) is 7.40. The van der Waals surface area contributed by atoms with Gasteiger partial charge in [0.2, 0.25) is 5.88 Å². The van der Waals surface area contributed by atoms with E-state index in [0.717, 1.165) is 36.3 Å². The third kappa shape index (κ3) is 3.45. The molecule has 1 atom stereocenters. The molecule has 0 saturated carbocycles. The first-order valence-electron chi connectivity index (χ1n) is 8.86. The highest BCUT2D eigenvalue weighted by atomic mass is 16.5. The van der Waals surface area contributed by atoms with E-state index in [1.54, 1.807) is 0 Å². The first-order chi connectivity index (χ1) is 12.8. The summed E-state index contributed by atoms with van der Waals surface area (Å²) >= 11 is 0. The molecule has 130 valence electrons. The van der Waals surface area contributed by atoms with Gasteiger partial charge >= 0.3 is 0 Å². The van der Waals surface area contributed by atoms with Gasteiger partial charge in [-0.25, -0.2) is 4.98 Å². The average Bonchev–Trinajstić information content (AvgIpc) is 3.19. The summed E-state index contributed by atoms with van der Waals surface area (Å²) < 4.78 is 5.75. The van der Waals surface area contributed by atoms with Crippen LogP contribution in [0.25, 0.3) is 0 Å². The van der Waals surface area contributed by atoms with Crippen LogP contribution in [0.15, 0.2) is 79.0 Å². The Bertz CT molecular complexity index is 864. The van der Waals surface area contributed by atoms with Gasteiger partial charge in [-0.15, -0.1) is 0 Å². The molecule has 1 aliphatic heterocycles. The van der Waals surface area contributed by atoms with Gasteiger partial charge in [0, 0.05) is 24.4 Å². The van der Waals surface area contributed by atoms with Crippen molar-refractivity contribution < 1.29 is 9.53 Å². The number of carbonyl (C=O) groups excluding carboxylic acids is 1. The quantitative estimate of drug-likeness (QED) is 0.679. The summed E-state index contributed by atoms with van der Waals surface area (Å²) in [7, 11) is 0. The van der Waals surface area contributed by atoms with Crippen LogP contribution < -0.4 is 4.74 Å². The molecule has 4 rings (SSSR count). The maximum absolute atomic E-state index is 12.8. The van der Waals surface area contributed by atoms with Gasteiger partial charge < -0.3 is 9.64 Å². The fourth-order valence-electron chi connectivity index (χ4n) is 3.36. The van der Waals surface area contributed by atoms with Crippen molar-refractivity contribution in [2.45, 2.75) is 18.9 Å². The lowest BCUT2D eigenvalue weighted by molar-refractivity contribution is 0.0735. The molecule has 4 nitrogen and oxygen atoms in total. The zero-order valence-corrected chi connectivity index (χ0v) is 14.4. The van der Waals surface area contributed by atoms with E-state index in [4.69, 9.17) is 4.74 Å². The third-order valence-corrected chi connectivity index (χ3v) is 4.64. The Morgan fingerprint density at radius 1 is 0.962 bits per heavy atom. The van der Waals surface area contributed by atoms with Crippen LogP contribution in [0.5, 0.6) is 11.6 Å². The molecule has 2 aromatic carbocycles. The van der Waals surface area contributed by atoms with E-state index in [1.807, 2.05) is 83.9 Å². The van der Waals surface area contributed by atoms with Crippen LogP contribution in [-0.2, 0) is 0 Å². The molecule has 3 aromatic rings. The van der Waals surface area contributed by atoms with E-state index < -0.39 is 0 Å². The van der Waals surface area contributed by atoms with E-state index in [1.165, 1.54) is 0 Å². The second-order valence-electron chi connectivity index (χ2n) is 6.37. The standard InChI is InChI=1S/C22H20N2O2/c25-22(17-8-3-1-4-9-17)24-15-7-12-20(24)18-13-14-21(23-16-18)26-19-10-5-2-6-11-19/h1-6,8-11,13-14,16,20H,7,12,15H2/t20-/m0/s1. The number of nitrogens with zero attached hydrogens (tertiary/aromatic N) is 2. The highest BCUT2D eigenvalue weighted by Gasteiger charge is 2.30. The molecule has 0 spiro atoms. The van der Waals surface area contributed by atoms with E-state index in [2.05, 4.69) is 4.98 Å². The van der Waals surface area contributed by atoms with Crippen molar-refractivity contribution in [3.05, 3.63) is 90.1 Å². The van der Waals surface area contributed by atoms with Crippen LogP contribution in [0, 0.1) is 0 Å². The Hall–Kier alpha value is -3.14. The average molecular weight is 344 g/mol. The van der Waals surface area contributed by atoms with Crippen molar-refractivity contribution in [3.63, 3.8) is 0 Å². The van der Waals surface area contributed by atoms with Gasteiger partial charge in [0.1, 0.15) is 5.75 Å². The van der Waals surface area contributed by atoms with Crippen LogP contribution in [0.1, 0.15) is 34.8 Å². The molecule has 1 aliphatic rings. The number of aromatic nitrogens is 1. The van der Waals surface area contributed by atoms with Gasteiger partial charge in [-0.3, -0.25) is 4.79 Å². The Balaban J connectivity index is 1.50. The number of para-hydroxylation sites is 1. The zero-order chi connectivity index (χ0) is 17.8. The minimum Gasteiger partial charge on any atom is -0.439 e. The molecule has 1 fully saturated rings. The molecule has 1 amide bonds. The lowest BCUT2D eigenvalue weighted by atomic mass is 10.1. The molecule has 4 heteroatoms. The van der Waals surface area contributed by atoms with E-state index in [-0.39, 0.29) is 11.9 Å². The number of amides is 1. The van der Waals surface area contributed by atoms with Crippen LogP contribution in [0.2, 0.25) is 0 Å². The molecule has 2 heterocycles. The third-order valence-electron chi connectivity index (χ3n) is 4.64. The maximum Gasteiger partial charge on any atom is 0.254 e. The normalized spacial score (nSPS) is 16.5. The zero-order valence-electron chi connectivity index (χ0n) is 14.4. The Morgan fingerprint density at radius 3 is 2.38 bits per heavy atom. The number of likely N-dealkylation sites (tertiary alicyclic amines) is 1. The fourth-order valence-corrected chi connectivity index (χ4v) is 3.36. The summed E-state index contributed by atoms with van der Waals surface area (Å²) in [5, 5.41) is 0. The van der Waals surface area contributed by atoms with Crippen LogP contribution in [-0.4, -0.2) is 22.3 Å². The van der Waals surface area contributed by atoms with Crippen molar-refractivity contribution in [3.8, 4) is 11.6 Å². The fraction of sp³-hybridized carbons (Fsp3) is 0.182. The second-order valence-corrected chi connectivity index (χ2v) is 6.37. The topological polar surface area (TPSA) is 42.4 Å². The number of hydrogen-bond donors (Lipinski definition) is 0. The molecule has 1 aromatic heterocycles. The number of benzene rings is 2. The summed E-state index contributed by atoms with van der Waals surface area (Å²) in [5.41, 5.74) is 1.78. The van der Waals surface area contributed by atoms with Crippen LogP contribution in [0.4, 0.5) is 0 Å². The van der Waals surface area contributed by atoms with Crippen molar-refractivity contribution in [1.29, 1.82) is 0 Å². The number of rotatable bonds is 4. The predicted molar refractivity (Wildman–Crippen MR) is 100 cm³/mol. The number of pyridine rings is 1. The molecule has 26 heavy (non-hydrogen) atoms. The van der Waals surface area contributed by atoms with E-state index in [9.17, 15) is 4.79 Å². The summed E-state index contributed by atoms with van der Waals surface area (Å²) in [6.45, 7) is 0.778. The van der Waals surface area contributed by atoms with Gasteiger partial charge in [0.15, 0.2) is 0 Å². The molecule has 0 aliphatic carbocycles. The lowest BCUT2D eigenvalue weighted by Gasteiger charge is -2.25. The number of ether oxygens (including phenoxy) is 1. The van der Waals surface area contributed by atoms with Crippen molar-refractivity contribution in [2.75, 3.05) is 6.54 Å². The van der Waals surface area contributed by atoms with Crippen molar-refractivity contribution in [1.82, 2.24) is 9.88 Å². The lowest BCUT2D eigenvalue weighted by Crippen LogP contribution is -2.30. The minimum absolute atomic E-state index is 0.0704. The first-order valence-corrected chi connectivity index (χ1v) is 8.86. The Morgan fingerprint density at radius 2 is 1.69 bits per heavy atom. The summed E-state index contributed by atoms with van der Waals surface area (Å²) in [6, 6.07) is 23.0. The van der Waals surface area contributed by atoms with Gasteiger partial charge in [-0.05, 0) is 42.7 Å². The molecular weight excluding hydrogens is 324 g/mol. The van der Waals surface area contributed by atoms with E-state index >= 15 is 0 Å². The largest absolute Gasteiger partial charge is 0.439 e. The molecule has 0 N–H and O–H groups in total. The van der Waals surface area contributed by atoms with Gasteiger partial charge in [0.25, 0.3) is 5.91 Å². The molecule has 0 bridgehead atoms. The van der Waals surface area contributed by atoms with Crippen molar-refractivity contribution >= 4 is 5.91 Å². The van der Waals surface area contributed by atoms with Gasteiger partial charge in [-0.2, -0.15) is 0 Å². The monoisotopic (exact) mass is 344 g/mol. The highest BCUT2D eigenvalue weighted by Crippen LogP contribution is 2.33. The smallest absolute Gasteiger partial charge is 0.254 e. The molecule has 1 saturated heterocycles. The molecule has 0 unspecified atom stereocenters. The van der Waals surface area contributed by atoms with Gasteiger partial charge in [0.05, 0.1) is 6.04 Å². The first kappa shape index (κ1) is 16.3. The molecule has 0 radical (unpaired) electrons. The van der Waals surface area contributed by atoms with Crippen LogP contribution >= 0.6 is 0 Å². The van der Waals surface area contributed by atoms with E-state index in [0.29, 0.717) is 5.88 Å². The Labute approximate surface area is 153 Å². The maximum atomic E-state index is 12.8. The Kier molecular flexibility index (Phi) is 4.65. The van der Waals surface area contributed by atoms with Crippen molar-refractivity contribution in [2.24, 2.45) is 0 Å². The summed E-state index contributed by atoms with van der Waals surface area (Å²) in [6.07, 6.45) is 3.78. The summed E-state index contributed by atoms with van der Waals surface area (Å²) in [5.74, 6) is 1.39.